The third kappa shape index (κ3) is 4.10. The third-order valence-corrected chi connectivity index (χ3v) is 5.46. The van der Waals surface area contributed by atoms with Gasteiger partial charge in [0.2, 0.25) is 0 Å². The first-order valence-electron chi connectivity index (χ1n) is 10.7. The van der Waals surface area contributed by atoms with Gasteiger partial charge in [0.25, 0.3) is 0 Å². The fourth-order valence-electron chi connectivity index (χ4n) is 3.69. The van der Waals surface area contributed by atoms with Crippen molar-refractivity contribution >= 4 is 0 Å². The predicted molar refractivity (Wildman–Crippen MR) is 132 cm³/mol. The zero-order valence-corrected chi connectivity index (χ0v) is 17.8. The van der Waals surface area contributed by atoms with Crippen LogP contribution in [0.3, 0.4) is 0 Å². The number of nitrogens with one attached hydrogen (secondary N) is 1. The number of aromatic nitrogens is 2. The Kier molecular flexibility index (Phi) is 5.39. The Morgan fingerprint density at radius 3 is 1.91 bits per heavy atom. The number of imidazole rings is 1. The van der Waals surface area contributed by atoms with E-state index in [-0.39, 0.29) is 0 Å². The molecule has 0 saturated carbocycles. The van der Waals surface area contributed by atoms with Crippen LogP contribution in [0.2, 0.25) is 0 Å². The van der Waals surface area contributed by atoms with Gasteiger partial charge in [-0.05, 0) is 30.7 Å². The van der Waals surface area contributed by atoms with E-state index < -0.39 is 0 Å². The maximum Gasteiger partial charge on any atom is 0.138 e. The second kappa shape index (κ2) is 8.79. The molecular weight excluding hydrogens is 388 g/mol. The van der Waals surface area contributed by atoms with Gasteiger partial charge in [0.05, 0.1) is 11.4 Å². The lowest BCUT2D eigenvalue weighted by Crippen LogP contribution is -1.83. The van der Waals surface area contributed by atoms with Crippen LogP contribution < -0.4 is 0 Å². The molecule has 0 atom stereocenters. The summed E-state index contributed by atoms with van der Waals surface area (Å²) >= 11 is 0. The molecule has 0 fully saturated rings. The third-order valence-electron chi connectivity index (χ3n) is 5.46. The van der Waals surface area contributed by atoms with Crippen LogP contribution in [0.25, 0.3) is 33.9 Å². The van der Waals surface area contributed by atoms with Crippen LogP contribution in [-0.4, -0.2) is 9.97 Å². The molecule has 1 N–H and O–H groups in total. The normalized spacial score (nSPS) is 10.4. The number of aromatic amines is 1. The summed E-state index contributed by atoms with van der Waals surface area (Å²) in [6.07, 6.45) is 0. The van der Waals surface area contributed by atoms with E-state index in [0.29, 0.717) is 0 Å². The highest BCUT2D eigenvalue weighted by atomic mass is 14.9. The average Bonchev–Trinajstić information content (AvgIpc) is 3.31. The molecule has 5 aromatic rings. The van der Waals surface area contributed by atoms with E-state index in [9.17, 15) is 0 Å². The summed E-state index contributed by atoms with van der Waals surface area (Å²) in [6.45, 7) is 2.08. The zero-order chi connectivity index (χ0) is 21.8. The maximum atomic E-state index is 4.97. The molecule has 2 nitrogen and oxygen atoms in total. The molecule has 0 aliphatic rings. The molecule has 1 aromatic heterocycles. The van der Waals surface area contributed by atoms with E-state index >= 15 is 0 Å². The topological polar surface area (TPSA) is 28.7 Å². The summed E-state index contributed by atoms with van der Waals surface area (Å²) in [5.41, 5.74) is 8.45. The lowest BCUT2D eigenvalue weighted by Gasteiger charge is -2.02. The average molecular weight is 411 g/mol. The molecule has 0 aliphatic heterocycles. The summed E-state index contributed by atoms with van der Waals surface area (Å²) in [5.74, 6) is 7.39. The van der Waals surface area contributed by atoms with Crippen LogP contribution >= 0.6 is 0 Å². The van der Waals surface area contributed by atoms with Crippen LogP contribution in [0.4, 0.5) is 0 Å². The molecule has 0 spiro atoms. The van der Waals surface area contributed by atoms with Crippen LogP contribution in [0.15, 0.2) is 109 Å². The fourth-order valence-corrected chi connectivity index (χ4v) is 3.69. The van der Waals surface area contributed by atoms with Gasteiger partial charge in [0, 0.05) is 27.8 Å². The van der Waals surface area contributed by atoms with Gasteiger partial charge < -0.3 is 4.98 Å². The van der Waals surface area contributed by atoms with Crippen molar-refractivity contribution < 1.29 is 0 Å². The minimum absolute atomic E-state index is 0.848. The van der Waals surface area contributed by atoms with E-state index in [0.717, 1.165) is 45.0 Å². The van der Waals surface area contributed by atoms with Gasteiger partial charge in [-0.3, -0.25) is 0 Å². The molecule has 0 bridgehead atoms. The molecule has 0 amide bonds. The van der Waals surface area contributed by atoms with Crippen molar-refractivity contribution in [3.05, 3.63) is 126 Å². The van der Waals surface area contributed by atoms with Crippen LogP contribution in [0, 0.1) is 18.8 Å². The predicted octanol–water partition coefficient (Wildman–Crippen LogP) is 7.12. The Bertz CT molecular complexity index is 1340. The number of aryl methyl sites for hydroxylation is 1. The van der Waals surface area contributed by atoms with Crippen molar-refractivity contribution in [1.29, 1.82) is 0 Å². The van der Waals surface area contributed by atoms with E-state index in [1.807, 2.05) is 60.7 Å². The first kappa shape index (κ1) is 19.6. The minimum atomic E-state index is 0.848. The number of benzene rings is 4. The van der Waals surface area contributed by atoms with E-state index in [1.54, 1.807) is 0 Å². The lowest BCUT2D eigenvalue weighted by molar-refractivity contribution is 1.31. The monoisotopic (exact) mass is 410 g/mol. The molecule has 0 saturated heterocycles. The van der Waals surface area contributed by atoms with Crippen molar-refractivity contribution in [2.75, 3.05) is 0 Å². The number of rotatable bonds is 3. The highest BCUT2D eigenvalue weighted by molar-refractivity contribution is 5.81. The van der Waals surface area contributed by atoms with Gasteiger partial charge in [-0.25, -0.2) is 4.98 Å². The first-order chi connectivity index (χ1) is 15.8. The van der Waals surface area contributed by atoms with E-state index in [2.05, 4.69) is 72.3 Å². The molecular formula is C30H22N2. The van der Waals surface area contributed by atoms with E-state index in [4.69, 9.17) is 4.98 Å². The summed E-state index contributed by atoms with van der Waals surface area (Å²) in [6, 6.07) is 37.1. The molecule has 32 heavy (non-hydrogen) atoms. The van der Waals surface area contributed by atoms with Crippen molar-refractivity contribution in [2.24, 2.45) is 0 Å². The molecule has 4 aromatic carbocycles. The van der Waals surface area contributed by atoms with Crippen molar-refractivity contribution in [1.82, 2.24) is 9.97 Å². The molecule has 1 heterocycles. The highest BCUT2D eigenvalue weighted by Crippen LogP contribution is 2.32. The molecule has 0 aliphatic carbocycles. The van der Waals surface area contributed by atoms with Gasteiger partial charge >= 0.3 is 0 Å². The highest BCUT2D eigenvalue weighted by Gasteiger charge is 2.14. The summed E-state index contributed by atoms with van der Waals surface area (Å²) in [5, 5.41) is 0. The fraction of sp³-hybridized carbons (Fsp3) is 0.0333. The van der Waals surface area contributed by atoms with Gasteiger partial charge in [-0.1, -0.05) is 103 Å². The summed E-state index contributed by atoms with van der Waals surface area (Å²) < 4.78 is 0. The molecule has 2 heteroatoms. The first-order valence-corrected chi connectivity index (χ1v) is 10.7. The summed E-state index contributed by atoms with van der Waals surface area (Å²) in [7, 11) is 0. The number of hydrogen-bond donors (Lipinski definition) is 1. The van der Waals surface area contributed by atoms with E-state index in [1.165, 1.54) is 5.56 Å². The largest absolute Gasteiger partial charge is 0.337 e. The second-order valence-corrected chi connectivity index (χ2v) is 7.68. The van der Waals surface area contributed by atoms with Crippen LogP contribution in [-0.2, 0) is 0 Å². The Hall–Kier alpha value is -4.35. The Morgan fingerprint density at radius 2 is 1.22 bits per heavy atom. The number of nitrogens with zero attached hydrogens (tertiary/aromatic N) is 1. The SMILES string of the molecule is Cc1ccccc1C#Cc1ccc(-c2nc(-c3ccccc3)c(-c3ccccc3)[nH]2)cc1. The molecule has 0 radical (unpaired) electrons. The quantitative estimate of drug-likeness (QED) is 0.315. The van der Waals surface area contributed by atoms with Gasteiger partial charge in [-0.2, -0.15) is 0 Å². The standard InChI is InChI=1S/C30H22N2/c1-22-10-8-9-11-24(22)19-16-23-17-20-27(21-18-23)30-31-28(25-12-4-2-5-13-25)29(32-30)26-14-6-3-7-15-26/h2-15,17-18,20-21H,1H3,(H,31,32). The summed E-state index contributed by atoms with van der Waals surface area (Å²) in [4.78, 5) is 8.52. The van der Waals surface area contributed by atoms with Crippen molar-refractivity contribution in [3.63, 3.8) is 0 Å². The van der Waals surface area contributed by atoms with Gasteiger partial charge in [-0.15, -0.1) is 0 Å². The smallest absolute Gasteiger partial charge is 0.138 e. The van der Waals surface area contributed by atoms with Crippen LogP contribution in [0.5, 0.6) is 0 Å². The number of H-pyrrole nitrogens is 1. The van der Waals surface area contributed by atoms with Crippen molar-refractivity contribution in [3.8, 4) is 45.7 Å². The lowest BCUT2D eigenvalue weighted by atomic mass is 10.1. The van der Waals surface area contributed by atoms with Crippen LogP contribution in [0.1, 0.15) is 16.7 Å². The Morgan fingerprint density at radius 1 is 0.594 bits per heavy atom. The Labute approximate surface area is 188 Å². The molecule has 152 valence electrons. The van der Waals surface area contributed by atoms with Gasteiger partial charge in [0.1, 0.15) is 5.82 Å². The zero-order valence-electron chi connectivity index (χ0n) is 17.8. The van der Waals surface area contributed by atoms with Crippen molar-refractivity contribution in [2.45, 2.75) is 6.92 Å². The molecule has 0 unspecified atom stereocenters. The maximum absolute atomic E-state index is 4.97. The second-order valence-electron chi connectivity index (χ2n) is 7.68. The number of hydrogen-bond acceptors (Lipinski definition) is 1. The van der Waals surface area contributed by atoms with Gasteiger partial charge in [0.15, 0.2) is 0 Å². The Balaban J connectivity index is 1.50. The molecule has 5 rings (SSSR count). The minimum Gasteiger partial charge on any atom is -0.337 e.